The van der Waals surface area contributed by atoms with Crippen molar-refractivity contribution in [3.05, 3.63) is 28.8 Å². The minimum atomic E-state index is 0.667. The monoisotopic (exact) mass is 252 g/mol. The molecule has 1 saturated heterocycles. The summed E-state index contributed by atoms with van der Waals surface area (Å²) in [5, 5.41) is 0.736. The van der Waals surface area contributed by atoms with E-state index >= 15 is 0 Å². The van der Waals surface area contributed by atoms with Crippen LogP contribution in [0.5, 0.6) is 0 Å². The number of nitrogens with two attached hydrogens (primary N) is 1. The fourth-order valence-electron chi connectivity index (χ4n) is 2.83. The Bertz CT molecular complexity index is 372. The Morgan fingerprint density at radius 2 is 2.12 bits per heavy atom. The van der Waals surface area contributed by atoms with Crippen molar-refractivity contribution in [1.82, 2.24) is 4.90 Å². The van der Waals surface area contributed by atoms with Crippen LogP contribution in [0.4, 0.5) is 5.69 Å². The molecular weight excluding hydrogens is 232 g/mol. The van der Waals surface area contributed by atoms with Crippen LogP contribution in [0.3, 0.4) is 0 Å². The maximum Gasteiger partial charge on any atom is 0.0429 e. The highest BCUT2D eigenvalue weighted by Crippen LogP contribution is 2.28. The predicted molar refractivity (Wildman–Crippen MR) is 74.2 cm³/mol. The molecule has 1 aromatic rings. The predicted octanol–water partition coefficient (Wildman–Crippen LogP) is 3.69. The van der Waals surface area contributed by atoms with Gasteiger partial charge in [-0.1, -0.05) is 18.5 Å². The van der Waals surface area contributed by atoms with Crippen LogP contribution in [0.25, 0.3) is 0 Å². The summed E-state index contributed by atoms with van der Waals surface area (Å²) >= 11 is 6.04. The third kappa shape index (κ3) is 2.93. The fraction of sp³-hybridized carbons (Fsp3) is 0.571. The zero-order valence-electron chi connectivity index (χ0n) is 10.6. The first-order valence-corrected chi connectivity index (χ1v) is 6.78. The molecule has 2 N–H and O–H groups in total. The molecular formula is C14H21ClN2. The number of hydrogen-bond acceptors (Lipinski definition) is 2. The number of hydrogen-bond donors (Lipinski definition) is 1. The van der Waals surface area contributed by atoms with Gasteiger partial charge in [0, 0.05) is 29.3 Å². The number of rotatable bonds is 3. The first-order valence-electron chi connectivity index (χ1n) is 6.41. The standard InChI is InChI=1S/C14H21ClN2/c1-3-14-5-4-10(2)17(14)9-11-6-12(15)8-13(16)7-11/h6-8,10,14H,3-5,9,16H2,1-2H3. The maximum absolute atomic E-state index is 6.04. The van der Waals surface area contributed by atoms with Crippen LogP contribution < -0.4 is 5.73 Å². The van der Waals surface area contributed by atoms with Crippen molar-refractivity contribution in [3.63, 3.8) is 0 Å². The molecule has 1 aliphatic rings. The number of likely N-dealkylation sites (tertiary alicyclic amines) is 1. The Hall–Kier alpha value is -0.730. The van der Waals surface area contributed by atoms with E-state index in [4.69, 9.17) is 17.3 Å². The van der Waals surface area contributed by atoms with Crippen LogP contribution in [0.2, 0.25) is 5.02 Å². The van der Waals surface area contributed by atoms with E-state index in [-0.39, 0.29) is 0 Å². The van der Waals surface area contributed by atoms with Gasteiger partial charge in [-0.25, -0.2) is 0 Å². The van der Waals surface area contributed by atoms with Gasteiger partial charge in [0.05, 0.1) is 0 Å². The maximum atomic E-state index is 6.04. The Morgan fingerprint density at radius 1 is 1.35 bits per heavy atom. The molecule has 1 aliphatic heterocycles. The molecule has 0 amide bonds. The summed E-state index contributed by atoms with van der Waals surface area (Å²) in [5.74, 6) is 0. The summed E-state index contributed by atoms with van der Waals surface area (Å²) in [7, 11) is 0. The van der Waals surface area contributed by atoms with Crippen molar-refractivity contribution in [3.8, 4) is 0 Å². The molecule has 94 valence electrons. The second kappa shape index (κ2) is 5.28. The minimum Gasteiger partial charge on any atom is -0.399 e. The lowest BCUT2D eigenvalue weighted by Crippen LogP contribution is -2.33. The molecule has 0 bridgehead atoms. The SMILES string of the molecule is CCC1CCC(C)N1Cc1cc(N)cc(Cl)c1. The highest BCUT2D eigenvalue weighted by molar-refractivity contribution is 6.30. The molecule has 0 spiro atoms. The van der Waals surface area contributed by atoms with E-state index in [2.05, 4.69) is 18.7 Å². The number of halogens is 1. The molecule has 2 rings (SSSR count). The van der Waals surface area contributed by atoms with Crippen LogP contribution >= 0.6 is 11.6 Å². The van der Waals surface area contributed by atoms with E-state index in [1.54, 1.807) is 6.07 Å². The number of nitrogen functional groups attached to an aromatic ring is 1. The largest absolute Gasteiger partial charge is 0.399 e. The van der Waals surface area contributed by atoms with Gasteiger partial charge in [0.25, 0.3) is 0 Å². The van der Waals surface area contributed by atoms with Gasteiger partial charge in [0.1, 0.15) is 0 Å². The van der Waals surface area contributed by atoms with Crippen molar-refractivity contribution < 1.29 is 0 Å². The first kappa shape index (κ1) is 12.7. The molecule has 1 heterocycles. The smallest absolute Gasteiger partial charge is 0.0429 e. The summed E-state index contributed by atoms with van der Waals surface area (Å²) in [6, 6.07) is 7.24. The van der Waals surface area contributed by atoms with E-state index in [9.17, 15) is 0 Å². The van der Waals surface area contributed by atoms with E-state index in [1.807, 2.05) is 12.1 Å². The third-order valence-electron chi connectivity index (χ3n) is 3.77. The quantitative estimate of drug-likeness (QED) is 0.832. The van der Waals surface area contributed by atoms with E-state index in [0.29, 0.717) is 12.1 Å². The fourth-order valence-corrected chi connectivity index (χ4v) is 3.09. The average Bonchev–Trinajstić information content (AvgIpc) is 2.59. The van der Waals surface area contributed by atoms with Gasteiger partial charge in [0.2, 0.25) is 0 Å². The lowest BCUT2D eigenvalue weighted by Gasteiger charge is -2.27. The summed E-state index contributed by atoms with van der Waals surface area (Å²) in [4.78, 5) is 2.57. The molecule has 1 fully saturated rings. The average molecular weight is 253 g/mol. The van der Waals surface area contributed by atoms with Crippen molar-refractivity contribution in [2.24, 2.45) is 0 Å². The van der Waals surface area contributed by atoms with Gasteiger partial charge in [0.15, 0.2) is 0 Å². The van der Waals surface area contributed by atoms with Crippen molar-refractivity contribution in [1.29, 1.82) is 0 Å². The van der Waals surface area contributed by atoms with Crippen LogP contribution in [0.1, 0.15) is 38.7 Å². The third-order valence-corrected chi connectivity index (χ3v) is 3.99. The molecule has 0 saturated carbocycles. The molecule has 1 aromatic carbocycles. The molecule has 17 heavy (non-hydrogen) atoms. The van der Waals surface area contributed by atoms with Crippen molar-refractivity contribution in [2.45, 2.75) is 51.7 Å². The zero-order valence-corrected chi connectivity index (χ0v) is 11.4. The van der Waals surface area contributed by atoms with Gasteiger partial charge in [-0.2, -0.15) is 0 Å². The van der Waals surface area contributed by atoms with Crippen LogP contribution in [0, 0.1) is 0 Å². The van der Waals surface area contributed by atoms with Crippen LogP contribution in [-0.4, -0.2) is 17.0 Å². The molecule has 2 nitrogen and oxygen atoms in total. The van der Waals surface area contributed by atoms with Gasteiger partial charge < -0.3 is 5.73 Å². The minimum absolute atomic E-state index is 0.667. The van der Waals surface area contributed by atoms with Gasteiger partial charge in [-0.3, -0.25) is 4.90 Å². The Balaban J connectivity index is 2.13. The summed E-state index contributed by atoms with van der Waals surface area (Å²) in [5.41, 5.74) is 7.81. The second-order valence-corrected chi connectivity index (χ2v) is 5.49. The Kier molecular flexibility index (Phi) is 3.95. The van der Waals surface area contributed by atoms with Crippen LogP contribution in [-0.2, 0) is 6.54 Å². The van der Waals surface area contributed by atoms with E-state index in [0.717, 1.165) is 17.3 Å². The van der Waals surface area contributed by atoms with Crippen molar-refractivity contribution >= 4 is 17.3 Å². The van der Waals surface area contributed by atoms with Crippen molar-refractivity contribution in [2.75, 3.05) is 5.73 Å². The topological polar surface area (TPSA) is 29.3 Å². The molecule has 2 atom stereocenters. The van der Waals surface area contributed by atoms with Gasteiger partial charge >= 0.3 is 0 Å². The second-order valence-electron chi connectivity index (χ2n) is 5.05. The summed E-state index contributed by atoms with van der Waals surface area (Å²) < 4.78 is 0. The lowest BCUT2D eigenvalue weighted by molar-refractivity contribution is 0.189. The van der Waals surface area contributed by atoms with Gasteiger partial charge in [-0.15, -0.1) is 0 Å². The Labute approximate surface area is 109 Å². The highest BCUT2D eigenvalue weighted by Gasteiger charge is 2.28. The Morgan fingerprint density at radius 3 is 2.76 bits per heavy atom. The molecule has 0 radical (unpaired) electrons. The molecule has 0 aliphatic carbocycles. The van der Waals surface area contributed by atoms with E-state index in [1.165, 1.54) is 24.8 Å². The normalized spacial score (nSPS) is 25.4. The zero-order chi connectivity index (χ0) is 12.4. The number of anilines is 1. The molecule has 2 unspecified atom stereocenters. The first-order chi connectivity index (χ1) is 8.10. The molecule has 3 heteroatoms. The summed E-state index contributed by atoms with van der Waals surface area (Å²) in [6.45, 7) is 5.54. The van der Waals surface area contributed by atoms with Gasteiger partial charge in [-0.05, 0) is 49.9 Å². The van der Waals surface area contributed by atoms with E-state index < -0.39 is 0 Å². The summed E-state index contributed by atoms with van der Waals surface area (Å²) in [6.07, 6.45) is 3.84. The van der Waals surface area contributed by atoms with Crippen LogP contribution in [0.15, 0.2) is 18.2 Å². The molecule has 0 aromatic heterocycles. The lowest BCUT2D eigenvalue weighted by atomic mass is 10.1. The number of benzene rings is 1. The number of nitrogens with zero attached hydrogens (tertiary/aromatic N) is 1. The highest BCUT2D eigenvalue weighted by atomic mass is 35.5.